The minimum absolute atomic E-state index is 0.175. The Morgan fingerprint density at radius 1 is 1.00 bits per heavy atom. The van der Waals surface area contributed by atoms with Gasteiger partial charge >= 0.3 is 0 Å². The Morgan fingerprint density at radius 2 is 1.69 bits per heavy atom. The van der Waals surface area contributed by atoms with Crippen molar-refractivity contribution >= 4 is 27.9 Å². The standard InChI is InChI=1S/C19H20N2O4S/c22-14-15-7-9-16(10-8-15)19(23)20-17-5-4-6-18(13-17)26(24,25)21-11-2-1-3-12-21/h4-10,13-14H,1-3,11-12H2,(H,20,23). The molecule has 1 amide bonds. The molecule has 0 aromatic heterocycles. The monoisotopic (exact) mass is 372 g/mol. The SMILES string of the molecule is O=Cc1ccc(C(=O)Nc2cccc(S(=O)(=O)N3CCCCC3)c2)cc1. The Balaban J connectivity index is 1.78. The van der Waals surface area contributed by atoms with Gasteiger partial charge in [-0.15, -0.1) is 0 Å². The molecule has 0 aliphatic carbocycles. The molecule has 0 atom stereocenters. The van der Waals surface area contributed by atoms with Gasteiger partial charge in [0.2, 0.25) is 10.0 Å². The van der Waals surface area contributed by atoms with Crippen LogP contribution in [0.5, 0.6) is 0 Å². The van der Waals surface area contributed by atoms with E-state index in [9.17, 15) is 18.0 Å². The molecule has 1 N–H and O–H groups in total. The number of hydrogen-bond donors (Lipinski definition) is 1. The molecule has 3 rings (SSSR count). The Labute approximate surface area is 152 Å². The first-order valence-electron chi connectivity index (χ1n) is 8.47. The minimum atomic E-state index is -3.55. The molecule has 0 spiro atoms. The number of sulfonamides is 1. The largest absolute Gasteiger partial charge is 0.322 e. The second kappa shape index (κ2) is 7.80. The van der Waals surface area contributed by atoms with Crippen molar-refractivity contribution in [2.45, 2.75) is 24.2 Å². The van der Waals surface area contributed by atoms with Crippen molar-refractivity contribution in [2.75, 3.05) is 18.4 Å². The fourth-order valence-electron chi connectivity index (χ4n) is 2.90. The zero-order valence-corrected chi connectivity index (χ0v) is 15.0. The van der Waals surface area contributed by atoms with E-state index >= 15 is 0 Å². The normalized spacial score (nSPS) is 15.4. The number of aldehydes is 1. The maximum absolute atomic E-state index is 12.7. The molecule has 2 aromatic rings. The van der Waals surface area contributed by atoms with Crippen molar-refractivity contribution in [3.63, 3.8) is 0 Å². The molecule has 136 valence electrons. The number of benzene rings is 2. The fourth-order valence-corrected chi connectivity index (χ4v) is 4.47. The summed E-state index contributed by atoms with van der Waals surface area (Å²) in [5.41, 5.74) is 1.28. The summed E-state index contributed by atoms with van der Waals surface area (Å²) >= 11 is 0. The molecule has 1 aliphatic heterocycles. The number of hydrogen-bond acceptors (Lipinski definition) is 4. The number of nitrogens with one attached hydrogen (secondary N) is 1. The third kappa shape index (κ3) is 4.00. The molecular formula is C19H20N2O4S. The Morgan fingerprint density at radius 3 is 2.35 bits per heavy atom. The van der Waals surface area contributed by atoms with Crippen LogP contribution in [0.25, 0.3) is 0 Å². The highest BCUT2D eigenvalue weighted by Crippen LogP contribution is 2.23. The van der Waals surface area contributed by atoms with E-state index in [1.54, 1.807) is 42.5 Å². The van der Waals surface area contributed by atoms with Crippen LogP contribution in [0.1, 0.15) is 40.0 Å². The average Bonchev–Trinajstić information content (AvgIpc) is 2.69. The van der Waals surface area contributed by atoms with Crippen molar-refractivity contribution in [1.82, 2.24) is 4.31 Å². The molecule has 0 saturated carbocycles. The van der Waals surface area contributed by atoms with Gasteiger partial charge in [0.05, 0.1) is 4.90 Å². The van der Waals surface area contributed by atoms with E-state index in [0.29, 0.717) is 36.2 Å². The summed E-state index contributed by atoms with van der Waals surface area (Å²) in [5, 5.41) is 2.70. The van der Waals surface area contributed by atoms with Gasteiger partial charge in [-0.25, -0.2) is 8.42 Å². The first-order chi connectivity index (χ1) is 12.5. The van der Waals surface area contributed by atoms with Gasteiger partial charge in [-0.05, 0) is 43.2 Å². The summed E-state index contributed by atoms with van der Waals surface area (Å²) in [4.78, 5) is 23.2. The van der Waals surface area contributed by atoms with Gasteiger partial charge < -0.3 is 5.32 Å². The predicted octanol–water partition coefficient (Wildman–Crippen LogP) is 2.93. The highest BCUT2D eigenvalue weighted by Gasteiger charge is 2.26. The zero-order chi connectivity index (χ0) is 18.6. The molecule has 0 radical (unpaired) electrons. The first-order valence-corrected chi connectivity index (χ1v) is 9.91. The lowest BCUT2D eigenvalue weighted by molar-refractivity contribution is 0.102. The maximum atomic E-state index is 12.7. The van der Waals surface area contributed by atoms with Gasteiger partial charge in [-0.2, -0.15) is 4.31 Å². The summed E-state index contributed by atoms with van der Waals surface area (Å²) in [6, 6.07) is 12.5. The molecule has 1 heterocycles. The van der Waals surface area contributed by atoms with E-state index in [1.807, 2.05) is 0 Å². The summed E-state index contributed by atoms with van der Waals surface area (Å²) < 4.78 is 27.0. The number of piperidine rings is 1. The van der Waals surface area contributed by atoms with Crippen LogP contribution in [0.4, 0.5) is 5.69 Å². The van der Waals surface area contributed by atoms with E-state index in [1.165, 1.54) is 10.4 Å². The molecule has 0 bridgehead atoms. The van der Waals surface area contributed by atoms with Crippen molar-refractivity contribution in [1.29, 1.82) is 0 Å². The van der Waals surface area contributed by atoms with Crippen LogP contribution < -0.4 is 5.32 Å². The van der Waals surface area contributed by atoms with Crippen molar-refractivity contribution in [3.8, 4) is 0 Å². The topological polar surface area (TPSA) is 83.5 Å². The third-order valence-corrected chi connectivity index (χ3v) is 6.25. The van der Waals surface area contributed by atoms with E-state index < -0.39 is 10.0 Å². The zero-order valence-electron chi connectivity index (χ0n) is 14.2. The number of rotatable bonds is 5. The summed E-state index contributed by atoms with van der Waals surface area (Å²) in [6.07, 6.45) is 3.49. The van der Waals surface area contributed by atoms with E-state index in [0.717, 1.165) is 19.3 Å². The molecule has 1 fully saturated rings. The average molecular weight is 372 g/mol. The van der Waals surface area contributed by atoms with Crippen LogP contribution in [0, 0.1) is 0 Å². The van der Waals surface area contributed by atoms with Gasteiger partial charge in [0.25, 0.3) is 5.91 Å². The predicted molar refractivity (Wildman–Crippen MR) is 98.8 cm³/mol. The lowest BCUT2D eigenvalue weighted by Crippen LogP contribution is -2.35. The summed E-state index contributed by atoms with van der Waals surface area (Å²) in [5.74, 6) is -0.366. The third-order valence-electron chi connectivity index (χ3n) is 4.35. The maximum Gasteiger partial charge on any atom is 0.255 e. The van der Waals surface area contributed by atoms with Crippen LogP contribution in [-0.2, 0) is 10.0 Å². The highest BCUT2D eigenvalue weighted by atomic mass is 32.2. The second-order valence-corrected chi connectivity index (χ2v) is 8.12. The Bertz CT molecular complexity index is 901. The number of carbonyl (C=O) groups is 2. The molecule has 7 heteroatoms. The van der Waals surface area contributed by atoms with Gasteiger partial charge in [0.15, 0.2) is 0 Å². The summed E-state index contributed by atoms with van der Waals surface area (Å²) in [7, 11) is -3.55. The van der Waals surface area contributed by atoms with E-state index in [2.05, 4.69) is 5.32 Å². The lowest BCUT2D eigenvalue weighted by atomic mass is 10.1. The van der Waals surface area contributed by atoms with Gasteiger partial charge in [-0.3, -0.25) is 9.59 Å². The molecule has 2 aromatic carbocycles. The quantitative estimate of drug-likeness (QED) is 0.818. The van der Waals surface area contributed by atoms with Gasteiger partial charge in [-0.1, -0.05) is 24.6 Å². The lowest BCUT2D eigenvalue weighted by Gasteiger charge is -2.26. The molecule has 26 heavy (non-hydrogen) atoms. The smallest absolute Gasteiger partial charge is 0.255 e. The number of amides is 1. The number of carbonyl (C=O) groups excluding carboxylic acids is 2. The highest BCUT2D eigenvalue weighted by molar-refractivity contribution is 7.89. The van der Waals surface area contributed by atoms with Crippen LogP contribution in [0.3, 0.4) is 0 Å². The first kappa shape index (κ1) is 18.3. The number of anilines is 1. The van der Waals surface area contributed by atoms with Crippen LogP contribution in [0.15, 0.2) is 53.4 Å². The van der Waals surface area contributed by atoms with Gasteiger partial charge in [0, 0.05) is 29.9 Å². The molecule has 0 unspecified atom stereocenters. The van der Waals surface area contributed by atoms with Crippen molar-refractivity contribution < 1.29 is 18.0 Å². The molecule has 1 aliphatic rings. The Hall–Kier alpha value is -2.51. The van der Waals surface area contributed by atoms with Crippen LogP contribution in [-0.4, -0.2) is 38.0 Å². The molecular weight excluding hydrogens is 352 g/mol. The van der Waals surface area contributed by atoms with E-state index in [4.69, 9.17) is 0 Å². The van der Waals surface area contributed by atoms with Crippen LogP contribution >= 0.6 is 0 Å². The van der Waals surface area contributed by atoms with Crippen molar-refractivity contribution in [3.05, 3.63) is 59.7 Å². The molecule has 6 nitrogen and oxygen atoms in total. The second-order valence-electron chi connectivity index (χ2n) is 6.19. The Kier molecular flexibility index (Phi) is 5.49. The minimum Gasteiger partial charge on any atom is -0.322 e. The fraction of sp³-hybridized carbons (Fsp3) is 0.263. The van der Waals surface area contributed by atoms with Crippen molar-refractivity contribution in [2.24, 2.45) is 0 Å². The van der Waals surface area contributed by atoms with Crippen LogP contribution in [0.2, 0.25) is 0 Å². The van der Waals surface area contributed by atoms with E-state index in [-0.39, 0.29) is 10.8 Å². The van der Waals surface area contributed by atoms with Gasteiger partial charge in [0.1, 0.15) is 6.29 Å². The number of nitrogens with zero attached hydrogens (tertiary/aromatic N) is 1. The summed E-state index contributed by atoms with van der Waals surface area (Å²) in [6.45, 7) is 1.06. The molecule has 1 saturated heterocycles.